The van der Waals surface area contributed by atoms with Crippen molar-refractivity contribution < 1.29 is 4.57 Å². The van der Waals surface area contributed by atoms with E-state index in [-0.39, 0.29) is 0 Å². The first kappa shape index (κ1) is 26.2. The first-order valence-electron chi connectivity index (χ1n) is 13.3. The molecular formula is C28H52N+. The molecule has 29 heavy (non-hydrogen) atoms. The van der Waals surface area contributed by atoms with E-state index in [0.717, 1.165) is 0 Å². The van der Waals surface area contributed by atoms with Gasteiger partial charge >= 0.3 is 0 Å². The molecule has 0 radical (unpaired) electrons. The molecule has 0 aliphatic heterocycles. The number of hydrogen-bond donors (Lipinski definition) is 0. The summed E-state index contributed by atoms with van der Waals surface area (Å²) in [5, 5.41) is 0. The van der Waals surface area contributed by atoms with Crippen molar-refractivity contribution in [1.82, 2.24) is 0 Å². The van der Waals surface area contributed by atoms with Crippen LogP contribution in [0.15, 0.2) is 24.5 Å². The van der Waals surface area contributed by atoms with Crippen LogP contribution in [0.2, 0.25) is 0 Å². The maximum atomic E-state index is 2.38. The highest BCUT2D eigenvalue weighted by molar-refractivity contribution is 5.07. The van der Waals surface area contributed by atoms with Crippen LogP contribution < -0.4 is 4.57 Å². The van der Waals surface area contributed by atoms with E-state index >= 15 is 0 Å². The van der Waals surface area contributed by atoms with Crippen molar-refractivity contribution in [3.63, 3.8) is 0 Å². The van der Waals surface area contributed by atoms with Gasteiger partial charge in [0, 0.05) is 18.6 Å². The SMILES string of the molecule is CCCCCCCCCCCCC[n+]1ccc(CCCCCCCCCC)cc1. The highest BCUT2D eigenvalue weighted by Gasteiger charge is 2.02. The molecule has 1 heterocycles. The van der Waals surface area contributed by atoms with E-state index in [9.17, 15) is 0 Å². The minimum Gasteiger partial charge on any atom is -0.205 e. The van der Waals surface area contributed by atoms with Crippen molar-refractivity contribution in [3.8, 4) is 0 Å². The van der Waals surface area contributed by atoms with Gasteiger partial charge in [-0.15, -0.1) is 0 Å². The Morgan fingerprint density at radius 2 is 0.862 bits per heavy atom. The number of hydrogen-bond acceptors (Lipinski definition) is 0. The monoisotopic (exact) mass is 402 g/mol. The largest absolute Gasteiger partial charge is 0.205 e. The molecule has 0 saturated carbocycles. The highest BCUT2D eigenvalue weighted by atomic mass is 14.9. The second-order valence-electron chi connectivity index (χ2n) is 9.20. The zero-order chi connectivity index (χ0) is 20.8. The molecule has 0 fully saturated rings. The average molecular weight is 403 g/mol. The third kappa shape index (κ3) is 16.6. The summed E-state index contributed by atoms with van der Waals surface area (Å²) in [6, 6.07) is 4.69. The van der Waals surface area contributed by atoms with Crippen LogP contribution in [-0.4, -0.2) is 0 Å². The van der Waals surface area contributed by atoms with E-state index in [4.69, 9.17) is 0 Å². The molecule has 168 valence electrons. The molecule has 1 nitrogen and oxygen atoms in total. The normalized spacial score (nSPS) is 11.2. The molecule has 0 unspecified atom stereocenters. The molecule has 0 bridgehead atoms. The summed E-state index contributed by atoms with van der Waals surface area (Å²) in [6.07, 6.45) is 32.8. The van der Waals surface area contributed by atoms with Crippen molar-refractivity contribution >= 4 is 0 Å². The molecule has 0 spiro atoms. The van der Waals surface area contributed by atoms with Crippen LogP contribution in [-0.2, 0) is 13.0 Å². The van der Waals surface area contributed by atoms with E-state index in [1.54, 1.807) is 0 Å². The first-order chi connectivity index (χ1) is 14.4. The fourth-order valence-corrected chi connectivity index (χ4v) is 4.23. The fourth-order valence-electron chi connectivity index (χ4n) is 4.23. The van der Waals surface area contributed by atoms with Crippen molar-refractivity contribution in [1.29, 1.82) is 0 Å². The second-order valence-corrected chi connectivity index (χ2v) is 9.20. The van der Waals surface area contributed by atoms with Crippen LogP contribution in [0.25, 0.3) is 0 Å². The average Bonchev–Trinajstić information content (AvgIpc) is 2.75. The molecule has 0 atom stereocenters. The lowest BCUT2D eigenvalue weighted by molar-refractivity contribution is -0.697. The Balaban J connectivity index is 1.92. The summed E-state index contributed by atoms with van der Waals surface area (Å²) in [6.45, 7) is 5.78. The summed E-state index contributed by atoms with van der Waals surface area (Å²) in [7, 11) is 0. The van der Waals surface area contributed by atoms with Crippen LogP contribution in [0.3, 0.4) is 0 Å². The van der Waals surface area contributed by atoms with E-state index in [1.807, 2.05) is 0 Å². The minimum absolute atomic E-state index is 1.19. The Morgan fingerprint density at radius 1 is 0.483 bits per heavy atom. The lowest BCUT2D eigenvalue weighted by Crippen LogP contribution is -2.32. The van der Waals surface area contributed by atoms with Crippen LogP contribution >= 0.6 is 0 Å². The Labute approximate surface area is 183 Å². The van der Waals surface area contributed by atoms with Crippen LogP contribution in [0, 0.1) is 0 Å². The number of nitrogens with zero attached hydrogens (tertiary/aromatic N) is 1. The molecule has 1 heteroatoms. The molecule has 0 amide bonds. The maximum Gasteiger partial charge on any atom is 0.169 e. The predicted octanol–water partition coefficient (Wildman–Crippen LogP) is 8.97. The fraction of sp³-hybridized carbons (Fsp3) is 0.821. The molecule has 0 saturated heterocycles. The number of aryl methyl sites for hydroxylation is 2. The van der Waals surface area contributed by atoms with Crippen LogP contribution in [0.1, 0.15) is 141 Å². The number of rotatable bonds is 21. The summed E-state index contributed by atoms with van der Waals surface area (Å²) < 4.78 is 2.38. The molecule has 1 aromatic rings. The second kappa shape index (κ2) is 20.4. The van der Waals surface area contributed by atoms with Crippen LogP contribution in [0.4, 0.5) is 0 Å². The Morgan fingerprint density at radius 3 is 1.31 bits per heavy atom. The van der Waals surface area contributed by atoms with Gasteiger partial charge in [-0.2, -0.15) is 0 Å². The van der Waals surface area contributed by atoms with Gasteiger partial charge in [0.2, 0.25) is 0 Å². The van der Waals surface area contributed by atoms with Gasteiger partial charge in [0.15, 0.2) is 12.4 Å². The lowest BCUT2D eigenvalue weighted by atomic mass is 10.0. The summed E-state index contributed by atoms with van der Waals surface area (Å²) >= 11 is 0. The van der Waals surface area contributed by atoms with Gasteiger partial charge in [0.1, 0.15) is 6.54 Å². The van der Waals surface area contributed by atoms with E-state index in [0.29, 0.717) is 0 Å². The molecule has 1 aromatic heterocycles. The van der Waals surface area contributed by atoms with Gasteiger partial charge in [-0.3, -0.25) is 0 Å². The third-order valence-electron chi connectivity index (χ3n) is 6.30. The van der Waals surface area contributed by atoms with Gasteiger partial charge in [0.05, 0.1) is 0 Å². The quantitative estimate of drug-likeness (QED) is 0.143. The molecule has 0 aliphatic carbocycles. The Hall–Kier alpha value is -0.850. The smallest absolute Gasteiger partial charge is 0.169 e. The Bertz CT molecular complexity index is 436. The standard InChI is InChI=1S/C28H52N/c1-3-5-7-9-11-13-14-15-17-19-21-25-29-26-23-28(24-27-29)22-20-18-16-12-10-8-6-4-2/h23-24,26-27H,3-22,25H2,1-2H3/q+1. The van der Waals surface area contributed by atoms with Gasteiger partial charge in [-0.05, 0) is 24.8 Å². The minimum atomic E-state index is 1.19. The molecule has 0 N–H and O–H groups in total. The van der Waals surface area contributed by atoms with Gasteiger partial charge in [-0.1, -0.05) is 117 Å². The summed E-state index contributed by atoms with van der Waals surface area (Å²) in [5.74, 6) is 0. The zero-order valence-corrected chi connectivity index (χ0v) is 20.1. The first-order valence-corrected chi connectivity index (χ1v) is 13.3. The van der Waals surface area contributed by atoms with Crippen molar-refractivity contribution in [2.75, 3.05) is 0 Å². The van der Waals surface area contributed by atoms with E-state index in [2.05, 4.69) is 42.9 Å². The van der Waals surface area contributed by atoms with Crippen molar-refractivity contribution in [2.24, 2.45) is 0 Å². The predicted molar refractivity (Wildman–Crippen MR) is 129 cm³/mol. The topological polar surface area (TPSA) is 3.88 Å². The molecular weight excluding hydrogens is 350 g/mol. The molecule has 0 aromatic carbocycles. The lowest BCUT2D eigenvalue weighted by Gasteiger charge is -2.03. The van der Waals surface area contributed by atoms with Crippen molar-refractivity contribution in [3.05, 3.63) is 30.1 Å². The summed E-state index contributed by atoms with van der Waals surface area (Å²) in [5.41, 5.74) is 1.52. The molecule has 1 rings (SSSR count). The number of aromatic nitrogens is 1. The van der Waals surface area contributed by atoms with Crippen molar-refractivity contribution in [2.45, 2.75) is 149 Å². The van der Waals surface area contributed by atoms with Gasteiger partial charge < -0.3 is 0 Å². The van der Waals surface area contributed by atoms with E-state index in [1.165, 1.54) is 141 Å². The molecule has 0 aliphatic rings. The Kier molecular flexibility index (Phi) is 18.4. The van der Waals surface area contributed by atoms with Crippen LogP contribution in [0.5, 0.6) is 0 Å². The van der Waals surface area contributed by atoms with E-state index < -0.39 is 0 Å². The third-order valence-corrected chi connectivity index (χ3v) is 6.30. The van der Waals surface area contributed by atoms with Gasteiger partial charge in [0.25, 0.3) is 0 Å². The number of pyridine rings is 1. The highest BCUT2D eigenvalue weighted by Crippen LogP contribution is 2.12. The summed E-state index contributed by atoms with van der Waals surface area (Å²) in [4.78, 5) is 0. The van der Waals surface area contributed by atoms with Gasteiger partial charge in [-0.25, -0.2) is 4.57 Å². The number of unbranched alkanes of at least 4 members (excludes halogenated alkanes) is 17. The maximum absolute atomic E-state index is 2.38. The zero-order valence-electron chi connectivity index (χ0n) is 20.1.